The summed E-state index contributed by atoms with van der Waals surface area (Å²) in [5.74, 6) is -0.409. The Labute approximate surface area is 176 Å². The van der Waals surface area contributed by atoms with Crippen LogP contribution in [0, 0.1) is 0 Å². The molecule has 152 valence electrons. The van der Waals surface area contributed by atoms with Crippen LogP contribution in [0.2, 0.25) is 0 Å². The first-order valence-corrected chi connectivity index (χ1v) is 10.2. The molecule has 2 heterocycles. The zero-order chi connectivity index (χ0) is 21.1. The van der Waals surface area contributed by atoms with Crippen LogP contribution in [0.5, 0.6) is 11.6 Å². The highest BCUT2D eigenvalue weighted by molar-refractivity contribution is 7.10. The molecule has 1 amide bonds. The summed E-state index contributed by atoms with van der Waals surface area (Å²) in [6.45, 7) is 0.123. The minimum Gasteiger partial charge on any atom is -0.508 e. The first-order valence-electron chi connectivity index (χ1n) is 9.33. The molecule has 3 N–H and O–H groups in total. The van der Waals surface area contributed by atoms with Crippen molar-refractivity contribution in [3.05, 3.63) is 74.2 Å². The van der Waals surface area contributed by atoms with Gasteiger partial charge in [0.05, 0.1) is 10.6 Å². The number of para-hydroxylation sites is 1. The summed E-state index contributed by atoms with van der Waals surface area (Å²) in [5.41, 5.74) is 3.53. The van der Waals surface area contributed by atoms with Crippen LogP contribution < -0.4 is 10.2 Å². The fourth-order valence-corrected chi connectivity index (χ4v) is 3.99. The Kier molecular flexibility index (Phi) is 5.49. The number of amides is 1. The molecule has 0 spiro atoms. The molecule has 1 aromatic heterocycles. The van der Waals surface area contributed by atoms with E-state index < -0.39 is 4.87 Å². The Bertz CT molecular complexity index is 1210. The van der Waals surface area contributed by atoms with E-state index in [9.17, 15) is 19.8 Å². The number of hydrogen-bond acceptors (Lipinski definition) is 6. The van der Waals surface area contributed by atoms with Gasteiger partial charge in [-0.3, -0.25) is 19.1 Å². The van der Waals surface area contributed by atoms with E-state index in [0.29, 0.717) is 17.8 Å². The molecule has 0 aliphatic carbocycles. The number of nitrogens with zero attached hydrogens (tertiary/aromatic N) is 2. The van der Waals surface area contributed by atoms with Crippen molar-refractivity contribution in [2.45, 2.75) is 13.0 Å². The molecule has 0 radical (unpaired) electrons. The lowest BCUT2D eigenvalue weighted by molar-refractivity contribution is -0.121. The second kappa shape index (κ2) is 8.38. The van der Waals surface area contributed by atoms with Crippen LogP contribution in [-0.2, 0) is 17.8 Å². The predicted molar refractivity (Wildman–Crippen MR) is 118 cm³/mol. The molecule has 3 aromatic rings. The van der Waals surface area contributed by atoms with Crippen LogP contribution in [0.3, 0.4) is 0 Å². The number of thiazole rings is 1. The second-order valence-electron chi connectivity index (χ2n) is 6.78. The van der Waals surface area contributed by atoms with Gasteiger partial charge in [-0.2, -0.15) is 0 Å². The number of hydrogen-bond donors (Lipinski definition) is 3. The number of phenols is 1. The van der Waals surface area contributed by atoms with Gasteiger partial charge in [-0.1, -0.05) is 41.7 Å². The van der Waals surface area contributed by atoms with Gasteiger partial charge in [-0.25, -0.2) is 0 Å². The molecule has 0 fully saturated rings. The number of carbonyl (C=O) groups excluding carboxylic acids is 1. The van der Waals surface area contributed by atoms with Crippen LogP contribution in [0.1, 0.15) is 16.0 Å². The highest BCUT2D eigenvalue weighted by atomic mass is 32.1. The molecule has 0 saturated carbocycles. The van der Waals surface area contributed by atoms with E-state index >= 15 is 0 Å². The van der Waals surface area contributed by atoms with Gasteiger partial charge in [0, 0.05) is 23.9 Å². The number of aliphatic imine (C=N–C) groups is 1. The SMILES string of the molecule is O=C(Cn1c(O)c(/C=C2\C=Nc3ccccc32)sc1=O)NCCc1ccc(O)cc1. The third-order valence-electron chi connectivity index (χ3n) is 4.71. The smallest absolute Gasteiger partial charge is 0.311 e. The van der Waals surface area contributed by atoms with Gasteiger partial charge >= 0.3 is 4.87 Å². The lowest BCUT2D eigenvalue weighted by atomic mass is 10.1. The molecule has 4 rings (SSSR count). The monoisotopic (exact) mass is 421 g/mol. The molecular weight excluding hydrogens is 402 g/mol. The number of benzene rings is 2. The van der Waals surface area contributed by atoms with Crippen LogP contribution >= 0.6 is 11.3 Å². The van der Waals surface area contributed by atoms with Gasteiger partial charge in [-0.05, 0) is 36.3 Å². The zero-order valence-corrected chi connectivity index (χ0v) is 16.7. The van der Waals surface area contributed by atoms with E-state index in [1.54, 1.807) is 36.6 Å². The average molecular weight is 421 g/mol. The van der Waals surface area contributed by atoms with Gasteiger partial charge in [-0.15, -0.1) is 0 Å². The summed E-state index contributed by atoms with van der Waals surface area (Å²) in [7, 11) is 0. The van der Waals surface area contributed by atoms with Crippen LogP contribution in [0.15, 0.2) is 58.3 Å². The predicted octanol–water partition coefficient (Wildman–Crippen LogP) is 2.94. The maximum atomic E-state index is 12.3. The Morgan fingerprint density at radius 1 is 1.13 bits per heavy atom. The molecule has 0 saturated heterocycles. The van der Waals surface area contributed by atoms with Crippen molar-refractivity contribution in [1.82, 2.24) is 9.88 Å². The second-order valence-corrected chi connectivity index (χ2v) is 7.78. The average Bonchev–Trinajstić information content (AvgIpc) is 3.26. The number of phenolic OH excluding ortho intramolecular Hbond substituents is 1. The summed E-state index contributed by atoms with van der Waals surface area (Å²) in [5, 5.41) is 22.5. The van der Waals surface area contributed by atoms with Gasteiger partial charge < -0.3 is 15.5 Å². The Morgan fingerprint density at radius 2 is 1.90 bits per heavy atom. The number of carbonyl (C=O) groups is 1. The third-order valence-corrected chi connectivity index (χ3v) is 5.63. The van der Waals surface area contributed by atoms with Gasteiger partial charge in [0.1, 0.15) is 12.3 Å². The maximum Gasteiger partial charge on any atom is 0.311 e. The van der Waals surface area contributed by atoms with Crippen LogP contribution in [0.25, 0.3) is 11.6 Å². The summed E-state index contributed by atoms with van der Waals surface area (Å²) >= 11 is 0.882. The summed E-state index contributed by atoms with van der Waals surface area (Å²) < 4.78 is 1.06. The number of aromatic nitrogens is 1. The molecule has 8 heteroatoms. The minimum atomic E-state index is -0.406. The van der Waals surface area contributed by atoms with Crippen molar-refractivity contribution >= 4 is 40.8 Å². The summed E-state index contributed by atoms with van der Waals surface area (Å²) in [6.07, 6.45) is 3.98. The molecule has 2 aromatic carbocycles. The van der Waals surface area contributed by atoms with Crippen molar-refractivity contribution in [3.63, 3.8) is 0 Å². The number of aromatic hydroxyl groups is 2. The van der Waals surface area contributed by atoms with Gasteiger partial charge in [0.15, 0.2) is 0 Å². The lowest BCUT2D eigenvalue weighted by Gasteiger charge is -2.07. The number of allylic oxidation sites excluding steroid dienone is 1. The van der Waals surface area contributed by atoms with Crippen LogP contribution in [0.4, 0.5) is 5.69 Å². The first kappa shape index (κ1) is 19.7. The number of fused-ring (bicyclic) bond motifs is 1. The van der Waals surface area contributed by atoms with Crippen molar-refractivity contribution < 1.29 is 15.0 Å². The Morgan fingerprint density at radius 3 is 2.70 bits per heavy atom. The zero-order valence-electron chi connectivity index (χ0n) is 15.9. The van der Waals surface area contributed by atoms with E-state index in [0.717, 1.165) is 38.3 Å². The topological polar surface area (TPSA) is 104 Å². The number of rotatable bonds is 6. The normalized spacial score (nSPS) is 13.5. The van der Waals surface area contributed by atoms with Crippen molar-refractivity contribution in [2.75, 3.05) is 6.54 Å². The van der Waals surface area contributed by atoms with E-state index in [1.807, 2.05) is 24.3 Å². The van der Waals surface area contributed by atoms with Crippen LogP contribution in [-0.4, -0.2) is 33.4 Å². The molecule has 0 bridgehead atoms. The molecule has 7 nitrogen and oxygen atoms in total. The van der Waals surface area contributed by atoms with Crippen molar-refractivity contribution in [1.29, 1.82) is 0 Å². The molecule has 1 aliphatic heterocycles. The summed E-state index contributed by atoms with van der Waals surface area (Å²) in [6, 6.07) is 14.3. The quantitative estimate of drug-likeness (QED) is 0.569. The fourth-order valence-electron chi connectivity index (χ4n) is 3.15. The third kappa shape index (κ3) is 4.18. The van der Waals surface area contributed by atoms with Gasteiger partial charge in [0.25, 0.3) is 0 Å². The largest absolute Gasteiger partial charge is 0.508 e. The van der Waals surface area contributed by atoms with Crippen molar-refractivity contribution in [3.8, 4) is 11.6 Å². The Hall–Kier alpha value is -3.65. The van der Waals surface area contributed by atoms with E-state index in [-0.39, 0.29) is 24.1 Å². The van der Waals surface area contributed by atoms with E-state index in [1.165, 1.54) is 0 Å². The number of nitrogens with one attached hydrogen (secondary N) is 1. The molecular formula is C22H19N3O4S. The minimum absolute atomic E-state index is 0.188. The fraction of sp³-hybridized carbons (Fsp3) is 0.136. The molecule has 0 atom stereocenters. The van der Waals surface area contributed by atoms with E-state index in [2.05, 4.69) is 10.3 Å². The van der Waals surface area contributed by atoms with E-state index in [4.69, 9.17) is 0 Å². The lowest BCUT2D eigenvalue weighted by Crippen LogP contribution is -2.31. The molecule has 30 heavy (non-hydrogen) atoms. The molecule has 0 unspecified atom stereocenters. The maximum absolute atomic E-state index is 12.3. The Balaban J connectivity index is 1.42. The van der Waals surface area contributed by atoms with Crippen molar-refractivity contribution in [2.24, 2.45) is 4.99 Å². The highest BCUT2D eigenvalue weighted by Crippen LogP contribution is 2.34. The standard InChI is InChI=1S/C22H19N3O4S/c26-16-7-5-14(6-8-16)9-10-23-20(27)13-25-21(28)19(30-22(25)29)11-15-12-24-18-4-2-1-3-17(15)18/h1-8,11-12,26,28H,9-10,13H2,(H,23,27)/b15-11+. The highest BCUT2D eigenvalue weighted by Gasteiger charge is 2.18. The van der Waals surface area contributed by atoms with Gasteiger partial charge in [0.2, 0.25) is 11.8 Å². The first-order chi connectivity index (χ1) is 14.5. The summed E-state index contributed by atoms with van der Waals surface area (Å²) in [4.78, 5) is 28.8. The molecule has 1 aliphatic rings.